The van der Waals surface area contributed by atoms with E-state index in [0.717, 1.165) is 11.3 Å². The molecule has 0 radical (unpaired) electrons. The van der Waals surface area contributed by atoms with Gasteiger partial charge in [0.2, 0.25) is 0 Å². The van der Waals surface area contributed by atoms with Crippen LogP contribution in [-0.4, -0.2) is 27.4 Å². The summed E-state index contributed by atoms with van der Waals surface area (Å²) in [6.45, 7) is 5.01. The third-order valence-electron chi connectivity index (χ3n) is 3.74. The molecule has 0 amide bonds. The fraction of sp³-hybridized carbons (Fsp3) is 0.375. The Labute approximate surface area is 124 Å². The summed E-state index contributed by atoms with van der Waals surface area (Å²) in [4.78, 5) is 12.0. The van der Waals surface area contributed by atoms with Crippen molar-refractivity contribution in [2.45, 2.75) is 32.4 Å². The average Bonchev–Trinajstić information content (AvgIpc) is 2.89. The van der Waals surface area contributed by atoms with Crippen molar-refractivity contribution < 1.29 is 9.90 Å². The Morgan fingerprint density at radius 2 is 2.05 bits per heavy atom. The molecule has 5 heteroatoms. The molecule has 2 N–H and O–H groups in total. The Hall–Kier alpha value is -2.14. The molecular weight excluding hydrogens is 266 g/mol. The minimum absolute atomic E-state index is 0.433. The highest BCUT2D eigenvalue weighted by Gasteiger charge is 2.39. The van der Waals surface area contributed by atoms with Gasteiger partial charge >= 0.3 is 5.97 Å². The second-order valence-electron chi connectivity index (χ2n) is 5.05. The lowest BCUT2D eigenvalue weighted by molar-refractivity contribution is -0.146. The number of likely N-dealkylation sites (N-methyl/N-ethyl adjacent to an activating group) is 1. The summed E-state index contributed by atoms with van der Waals surface area (Å²) in [5.74, 6) is -0.861. The van der Waals surface area contributed by atoms with Gasteiger partial charge in [-0.2, -0.15) is 5.10 Å². The van der Waals surface area contributed by atoms with Gasteiger partial charge in [-0.25, -0.2) is 4.79 Å². The van der Waals surface area contributed by atoms with Crippen LogP contribution in [0, 0.1) is 6.92 Å². The number of aryl methyl sites for hydroxylation is 2. The molecular formula is C16H21N3O2. The fourth-order valence-corrected chi connectivity index (χ4v) is 2.57. The molecule has 1 atom stereocenters. The smallest absolute Gasteiger partial charge is 0.328 e. The van der Waals surface area contributed by atoms with Gasteiger partial charge in [-0.3, -0.25) is 10.00 Å². The molecule has 21 heavy (non-hydrogen) atoms. The van der Waals surface area contributed by atoms with Gasteiger partial charge in [0, 0.05) is 24.9 Å². The molecule has 1 unspecified atom stereocenters. The van der Waals surface area contributed by atoms with Crippen LogP contribution in [0.15, 0.2) is 42.6 Å². The van der Waals surface area contributed by atoms with Crippen molar-refractivity contribution in [3.63, 3.8) is 0 Å². The Morgan fingerprint density at radius 3 is 2.57 bits per heavy atom. The summed E-state index contributed by atoms with van der Waals surface area (Å²) in [5, 5.41) is 17.2. The Kier molecular flexibility index (Phi) is 4.75. The zero-order chi connectivity index (χ0) is 15.3. The van der Waals surface area contributed by atoms with Gasteiger partial charge in [-0.15, -0.1) is 0 Å². The minimum atomic E-state index is -1.09. The summed E-state index contributed by atoms with van der Waals surface area (Å²) < 4.78 is 1.83. The standard InChI is InChI=1S/C16H21N3O2/c1-3-17-16(15(20)21,14-7-5-4-6-8-14)10-12-19-13(2)9-11-18-19/h4-9,11,17H,3,10,12H2,1-2H3,(H,20,21). The largest absolute Gasteiger partial charge is 0.480 e. The topological polar surface area (TPSA) is 67.2 Å². The van der Waals surface area contributed by atoms with Crippen LogP contribution in [-0.2, 0) is 16.9 Å². The molecule has 0 spiro atoms. The summed E-state index contributed by atoms with van der Waals surface area (Å²) in [5.41, 5.74) is 0.706. The third-order valence-corrected chi connectivity index (χ3v) is 3.74. The highest BCUT2D eigenvalue weighted by Crippen LogP contribution is 2.26. The lowest BCUT2D eigenvalue weighted by Gasteiger charge is -2.31. The monoisotopic (exact) mass is 287 g/mol. The first-order valence-electron chi connectivity index (χ1n) is 7.12. The molecule has 0 saturated heterocycles. The minimum Gasteiger partial charge on any atom is -0.480 e. The van der Waals surface area contributed by atoms with Crippen LogP contribution in [0.3, 0.4) is 0 Å². The van der Waals surface area contributed by atoms with E-state index in [-0.39, 0.29) is 0 Å². The molecule has 1 heterocycles. The summed E-state index contributed by atoms with van der Waals surface area (Å²) >= 11 is 0. The second-order valence-corrected chi connectivity index (χ2v) is 5.05. The molecule has 0 aliphatic rings. The predicted octanol–water partition coefficient (Wildman–Crippen LogP) is 2.17. The summed E-state index contributed by atoms with van der Waals surface area (Å²) in [7, 11) is 0. The molecule has 2 rings (SSSR count). The van der Waals surface area contributed by atoms with Crippen LogP contribution >= 0.6 is 0 Å². The quantitative estimate of drug-likeness (QED) is 0.819. The van der Waals surface area contributed by atoms with Crippen LogP contribution in [0.1, 0.15) is 24.6 Å². The number of aromatic nitrogens is 2. The first kappa shape index (κ1) is 15.3. The number of hydrogen-bond donors (Lipinski definition) is 2. The van der Waals surface area contributed by atoms with Gasteiger partial charge in [0.1, 0.15) is 5.54 Å². The number of aliphatic carboxylic acids is 1. The summed E-state index contributed by atoms with van der Waals surface area (Å²) in [6.07, 6.45) is 2.16. The van der Waals surface area contributed by atoms with Crippen LogP contribution in [0.2, 0.25) is 0 Å². The molecule has 0 bridgehead atoms. The maximum absolute atomic E-state index is 12.0. The van der Waals surface area contributed by atoms with E-state index in [1.54, 1.807) is 6.20 Å². The van der Waals surface area contributed by atoms with E-state index in [0.29, 0.717) is 19.5 Å². The second kappa shape index (κ2) is 6.54. The molecule has 0 saturated carbocycles. The maximum Gasteiger partial charge on any atom is 0.328 e. The van der Waals surface area contributed by atoms with E-state index in [4.69, 9.17) is 0 Å². The number of nitrogens with zero attached hydrogens (tertiary/aromatic N) is 2. The number of carboxylic acids is 1. The van der Waals surface area contributed by atoms with Gasteiger partial charge in [0.15, 0.2) is 0 Å². The van der Waals surface area contributed by atoms with E-state index in [1.165, 1.54) is 0 Å². The van der Waals surface area contributed by atoms with E-state index in [1.807, 2.05) is 54.9 Å². The van der Waals surface area contributed by atoms with E-state index < -0.39 is 11.5 Å². The third kappa shape index (κ3) is 3.13. The van der Waals surface area contributed by atoms with E-state index in [9.17, 15) is 9.90 Å². The number of carboxylic acid groups (broad SMARTS) is 1. The fourth-order valence-electron chi connectivity index (χ4n) is 2.57. The van der Waals surface area contributed by atoms with Gasteiger partial charge in [-0.05, 0) is 25.1 Å². The van der Waals surface area contributed by atoms with Crippen molar-refractivity contribution in [3.8, 4) is 0 Å². The highest BCUT2D eigenvalue weighted by atomic mass is 16.4. The van der Waals surface area contributed by atoms with Crippen LogP contribution in [0.4, 0.5) is 0 Å². The van der Waals surface area contributed by atoms with Crippen molar-refractivity contribution >= 4 is 5.97 Å². The Balaban J connectivity index is 2.31. The average molecular weight is 287 g/mol. The van der Waals surface area contributed by atoms with Crippen LogP contribution in [0.5, 0.6) is 0 Å². The Morgan fingerprint density at radius 1 is 1.33 bits per heavy atom. The van der Waals surface area contributed by atoms with Gasteiger partial charge in [0.05, 0.1) is 0 Å². The van der Waals surface area contributed by atoms with Crippen molar-refractivity contribution in [1.29, 1.82) is 0 Å². The first-order chi connectivity index (χ1) is 10.1. The Bertz CT molecular complexity index is 595. The van der Waals surface area contributed by atoms with Gasteiger partial charge in [0.25, 0.3) is 0 Å². The molecule has 2 aromatic rings. The molecule has 0 aliphatic heterocycles. The summed E-state index contributed by atoms with van der Waals surface area (Å²) in [6, 6.07) is 11.2. The molecule has 0 aliphatic carbocycles. The predicted molar refractivity (Wildman–Crippen MR) is 81.0 cm³/mol. The van der Waals surface area contributed by atoms with Crippen molar-refractivity contribution in [1.82, 2.24) is 15.1 Å². The van der Waals surface area contributed by atoms with E-state index >= 15 is 0 Å². The van der Waals surface area contributed by atoms with E-state index in [2.05, 4.69) is 10.4 Å². The van der Waals surface area contributed by atoms with Gasteiger partial charge in [-0.1, -0.05) is 37.3 Å². The zero-order valence-electron chi connectivity index (χ0n) is 12.4. The first-order valence-corrected chi connectivity index (χ1v) is 7.12. The van der Waals surface area contributed by atoms with Crippen molar-refractivity contribution in [2.24, 2.45) is 0 Å². The lowest BCUT2D eigenvalue weighted by atomic mass is 9.86. The molecule has 5 nitrogen and oxygen atoms in total. The van der Waals surface area contributed by atoms with Crippen LogP contribution < -0.4 is 5.32 Å². The number of benzene rings is 1. The van der Waals surface area contributed by atoms with Crippen molar-refractivity contribution in [3.05, 3.63) is 53.9 Å². The molecule has 1 aromatic carbocycles. The number of rotatable bonds is 7. The molecule has 112 valence electrons. The zero-order valence-corrected chi connectivity index (χ0v) is 12.4. The van der Waals surface area contributed by atoms with Crippen LogP contribution in [0.25, 0.3) is 0 Å². The molecule has 1 aromatic heterocycles. The van der Waals surface area contributed by atoms with Gasteiger partial charge < -0.3 is 5.11 Å². The maximum atomic E-state index is 12.0. The number of hydrogen-bond acceptors (Lipinski definition) is 3. The number of nitrogens with one attached hydrogen (secondary N) is 1. The lowest BCUT2D eigenvalue weighted by Crippen LogP contribution is -2.50. The highest BCUT2D eigenvalue weighted by molar-refractivity contribution is 5.80. The normalized spacial score (nSPS) is 13.8. The molecule has 0 fully saturated rings. The number of carbonyl (C=O) groups is 1. The SMILES string of the molecule is CCNC(CCn1nccc1C)(C(=O)O)c1ccccc1. The van der Waals surface area contributed by atoms with Crippen molar-refractivity contribution in [2.75, 3.05) is 6.54 Å².